The van der Waals surface area contributed by atoms with Gasteiger partial charge in [-0.1, -0.05) is 38.8 Å². The summed E-state index contributed by atoms with van der Waals surface area (Å²) in [5.74, 6) is 0.266. The highest BCUT2D eigenvalue weighted by molar-refractivity contribution is 5.70. The molecule has 3 nitrogen and oxygen atoms in total. The normalized spacial score (nSPS) is 12.4. The van der Waals surface area contributed by atoms with Crippen LogP contribution in [-0.2, 0) is 11.2 Å². The van der Waals surface area contributed by atoms with Gasteiger partial charge in [-0.3, -0.25) is 4.79 Å². The predicted molar refractivity (Wildman–Crippen MR) is 76.5 cm³/mol. The van der Waals surface area contributed by atoms with E-state index in [2.05, 4.69) is 13.8 Å². The zero-order valence-electron chi connectivity index (χ0n) is 12.1. The van der Waals surface area contributed by atoms with Crippen LogP contribution in [-0.4, -0.2) is 18.2 Å². The van der Waals surface area contributed by atoms with E-state index in [9.17, 15) is 9.90 Å². The zero-order chi connectivity index (χ0) is 14.3. The first-order valence-electron chi connectivity index (χ1n) is 6.96. The molecule has 1 rings (SSSR count). The number of hydrogen-bond donors (Lipinski definition) is 1. The fourth-order valence-electron chi connectivity index (χ4n) is 2.38. The number of aliphatic carboxylic acids is 1. The summed E-state index contributed by atoms with van der Waals surface area (Å²) in [6.07, 6.45) is 3.40. The molecule has 1 atom stereocenters. The summed E-state index contributed by atoms with van der Waals surface area (Å²) < 4.78 is 5.17. The molecule has 0 heterocycles. The van der Waals surface area contributed by atoms with Crippen molar-refractivity contribution in [1.29, 1.82) is 0 Å². The van der Waals surface area contributed by atoms with Crippen molar-refractivity contribution in [1.82, 2.24) is 0 Å². The third-order valence-corrected chi connectivity index (χ3v) is 3.74. The molecule has 1 unspecified atom stereocenters. The van der Waals surface area contributed by atoms with Crippen LogP contribution >= 0.6 is 0 Å². The molecule has 0 amide bonds. The molecule has 3 heteroatoms. The molecule has 19 heavy (non-hydrogen) atoms. The second-order valence-corrected chi connectivity index (χ2v) is 5.01. The third kappa shape index (κ3) is 4.93. The van der Waals surface area contributed by atoms with Crippen molar-refractivity contribution in [2.45, 2.75) is 39.5 Å². The van der Waals surface area contributed by atoms with Crippen LogP contribution in [0.25, 0.3) is 0 Å². The number of ether oxygens (including phenoxy) is 1. The highest BCUT2D eigenvalue weighted by atomic mass is 16.5. The standard InChI is InChI=1S/C16H24O3/c1-4-12(5-2)9-14(16(17)18)10-13-7-6-8-15(11-13)19-3/h6-8,11-12,14H,4-5,9-10H2,1-3H3,(H,17,18). The molecule has 0 bridgehead atoms. The molecule has 1 aromatic rings. The van der Waals surface area contributed by atoms with Gasteiger partial charge in [-0.15, -0.1) is 0 Å². The second kappa shape index (κ2) is 7.82. The van der Waals surface area contributed by atoms with Gasteiger partial charge in [0.25, 0.3) is 0 Å². The summed E-state index contributed by atoms with van der Waals surface area (Å²) in [6.45, 7) is 4.25. The molecule has 0 saturated heterocycles. The molecule has 106 valence electrons. The molecule has 0 fully saturated rings. The van der Waals surface area contributed by atoms with E-state index in [-0.39, 0.29) is 5.92 Å². The number of hydrogen-bond acceptors (Lipinski definition) is 2. The first kappa shape index (κ1) is 15.5. The van der Waals surface area contributed by atoms with Crippen molar-refractivity contribution in [3.8, 4) is 5.75 Å². The van der Waals surface area contributed by atoms with Gasteiger partial charge in [-0.2, -0.15) is 0 Å². The lowest BCUT2D eigenvalue weighted by Crippen LogP contribution is -2.20. The Morgan fingerprint density at radius 1 is 1.32 bits per heavy atom. The summed E-state index contributed by atoms with van der Waals surface area (Å²) in [5.41, 5.74) is 1.03. The molecule has 0 radical (unpaired) electrons. The molecule has 0 aliphatic rings. The maximum Gasteiger partial charge on any atom is 0.306 e. The molecule has 0 aliphatic carbocycles. The molecule has 1 N–H and O–H groups in total. The van der Waals surface area contributed by atoms with Crippen molar-refractivity contribution in [3.63, 3.8) is 0 Å². The van der Waals surface area contributed by atoms with Gasteiger partial charge in [0.2, 0.25) is 0 Å². The van der Waals surface area contributed by atoms with E-state index in [0.717, 1.165) is 30.6 Å². The summed E-state index contributed by atoms with van der Waals surface area (Å²) in [7, 11) is 1.62. The quantitative estimate of drug-likeness (QED) is 0.777. The van der Waals surface area contributed by atoms with Gasteiger partial charge in [0, 0.05) is 0 Å². The van der Waals surface area contributed by atoms with Crippen LogP contribution in [0.15, 0.2) is 24.3 Å². The Morgan fingerprint density at radius 2 is 2.00 bits per heavy atom. The van der Waals surface area contributed by atoms with Gasteiger partial charge in [0.1, 0.15) is 5.75 Å². The van der Waals surface area contributed by atoms with Crippen LogP contribution < -0.4 is 4.74 Å². The van der Waals surface area contributed by atoms with Crippen LogP contribution in [0.4, 0.5) is 0 Å². The number of carbonyl (C=O) groups is 1. The monoisotopic (exact) mass is 264 g/mol. The summed E-state index contributed by atoms with van der Waals surface area (Å²) in [5, 5.41) is 9.37. The SMILES string of the molecule is CCC(CC)CC(Cc1cccc(OC)c1)C(=O)O. The number of carboxylic acid groups (broad SMARTS) is 1. The fraction of sp³-hybridized carbons (Fsp3) is 0.562. The average molecular weight is 264 g/mol. The van der Waals surface area contributed by atoms with E-state index in [1.165, 1.54) is 0 Å². The molecule has 0 aromatic heterocycles. The van der Waals surface area contributed by atoms with E-state index in [1.54, 1.807) is 7.11 Å². The van der Waals surface area contributed by atoms with Gasteiger partial charge < -0.3 is 9.84 Å². The van der Waals surface area contributed by atoms with Crippen molar-refractivity contribution >= 4 is 5.97 Å². The Morgan fingerprint density at radius 3 is 2.53 bits per heavy atom. The molecular formula is C16H24O3. The molecular weight excluding hydrogens is 240 g/mol. The minimum Gasteiger partial charge on any atom is -0.497 e. The minimum absolute atomic E-state index is 0.308. The highest BCUT2D eigenvalue weighted by Gasteiger charge is 2.21. The van der Waals surface area contributed by atoms with Gasteiger partial charge >= 0.3 is 5.97 Å². The largest absolute Gasteiger partial charge is 0.497 e. The second-order valence-electron chi connectivity index (χ2n) is 5.01. The number of benzene rings is 1. The average Bonchev–Trinajstić information content (AvgIpc) is 2.43. The van der Waals surface area contributed by atoms with Crippen LogP contribution in [0.3, 0.4) is 0 Å². The maximum atomic E-state index is 11.4. The summed E-state index contributed by atoms with van der Waals surface area (Å²) in [4.78, 5) is 11.4. The van der Waals surface area contributed by atoms with Crippen LogP contribution in [0.2, 0.25) is 0 Å². The highest BCUT2D eigenvalue weighted by Crippen LogP contribution is 2.24. The van der Waals surface area contributed by atoms with Gasteiger partial charge in [0.05, 0.1) is 13.0 Å². The topological polar surface area (TPSA) is 46.5 Å². The Bertz CT molecular complexity index is 397. The van der Waals surface area contributed by atoms with E-state index in [0.29, 0.717) is 12.3 Å². The van der Waals surface area contributed by atoms with Crippen molar-refractivity contribution in [2.24, 2.45) is 11.8 Å². The van der Waals surface area contributed by atoms with Crippen LogP contribution in [0.5, 0.6) is 5.75 Å². The van der Waals surface area contributed by atoms with E-state index < -0.39 is 5.97 Å². The molecule has 0 aliphatic heterocycles. The van der Waals surface area contributed by atoms with E-state index >= 15 is 0 Å². The summed E-state index contributed by atoms with van der Waals surface area (Å²) in [6, 6.07) is 7.67. The lowest BCUT2D eigenvalue weighted by Gasteiger charge is -2.18. The molecule has 1 aromatic carbocycles. The smallest absolute Gasteiger partial charge is 0.306 e. The van der Waals surface area contributed by atoms with E-state index in [4.69, 9.17) is 4.74 Å². The number of methoxy groups -OCH3 is 1. The minimum atomic E-state index is -0.699. The van der Waals surface area contributed by atoms with Gasteiger partial charge in [-0.25, -0.2) is 0 Å². The van der Waals surface area contributed by atoms with Gasteiger partial charge in [-0.05, 0) is 36.5 Å². The van der Waals surface area contributed by atoms with Crippen molar-refractivity contribution in [2.75, 3.05) is 7.11 Å². The molecule has 0 spiro atoms. The van der Waals surface area contributed by atoms with Crippen molar-refractivity contribution in [3.05, 3.63) is 29.8 Å². The lowest BCUT2D eigenvalue weighted by molar-refractivity contribution is -0.142. The zero-order valence-corrected chi connectivity index (χ0v) is 12.1. The molecule has 0 saturated carbocycles. The predicted octanol–water partition coefficient (Wildman–Crippen LogP) is 3.76. The third-order valence-electron chi connectivity index (χ3n) is 3.74. The lowest BCUT2D eigenvalue weighted by atomic mass is 9.87. The maximum absolute atomic E-state index is 11.4. The Labute approximate surface area is 115 Å². The first-order valence-corrected chi connectivity index (χ1v) is 6.96. The Kier molecular flexibility index (Phi) is 6.40. The Hall–Kier alpha value is -1.51. The first-order chi connectivity index (χ1) is 9.10. The number of carboxylic acids is 1. The fourth-order valence-corrected chi connectivity index (χ4v) is 2.38. The Balaban J connectivity index is 2.74. The summed E-state index contributed by atoms with van der Waals surface area (Å²) >= 11 is 0. The van der Waals surface area contributed by atoms with Crippen LogP contribution in [0, 0.1) is 11.8 Å². The van der Waals surface area contributed by atoms with Gasteiger partial charge in [0.15, 0.2) is 0 Å². The van der Waals surface area contributed by atoms with E-state index in [1.807, 2.05) is 24.3 Å². The van der Waals surface area contributed by atoms with Crippen LogP contribution in [0.1, 0.15) is 38.7 Å². The number of rotatable bonds is 8. The van der Waals surface area contributed by atoms with Crippen molar-refractivity contribution < 1.29 is 14.6 Å².